The van der Waals surface area contributed by atoms with Gasteiger partial charge in [0, 0.05) is 12.8 Å². The van der Waals surface area contributed by atoms with E-state index in [0.717, 1.165) is 53.8 Å². The highest BCUT2D eigenvalue weighted by Gasteiger charge is 2.37. The van der Waals surface area contributed by atoms with Gasteiger partial charge in [0.1, 0.15) is 0 Å². The maximum atomic E-state index is 13.3. The summed E-state index contributed by atoms with van der Waals surface area (Å²) in [7, 11) is 0. The normalized spacial score (nSPS) is 19.5. The zero-order chi connectivity index (χ0) is 20.7. The lowest BCUT2D eigenvalue weighted by atomic mass is 9.95. The molecule has 1 atom stereocenters. The second-order valence-electron chi connectivity index (χ2n) is 9.17. The SMILES string of the molecule is Cc1cc(C)c2[nH]c(=O)c([C@@H](c3nnnn3C3CCCCC3)[NH+]3CCCC3)cc2c1. The van der Waals surface area contributed by atoms with Crippen molar-refractivity contribution in [2.45, 2.75) is 70.9 Å². The van der Waals surface area contributed by atoms with E-state index in [9.17, 15) is 4.79 Å². The topological polar surface area (TPSA) is 80.9 Å². The molecule has 2 aromatic heterocycles. The summed E-state index contributed by atoms with van der Waals surface area (Å²) in [5.74, 6) is 0.855. The zero-order valence-electron chi connectivity index (χ0n) is 17.9. The third kappa shape index (κ3) is 3.45. The molecule has 1 aliphatic heterocycles. The van der Waals surface area contributed by atoms with E-state index in [1.165, 1.54) is 42.6 Å². The molecule has 0 bridgehead atoms. The number of tetrazole rings is 1. The first-order valence-corrected chi connectivity index (χ1v) is 11.4. The second-order valence-corrected chi connectivity index (χ2v) is 9.17. The molecular formula is C23H31N6O+. The van der Waals surface area contributed by atoms with Crippen LogP contribution in [0.4, 0.5) is 0 Å². The molecule has 5 rings (SSSR count). The number of hydrogen-bond acceptors (Lipinski definition) is 4. The number of fused-ring (bicyclic) bond motifs is 1. The molecule has 30 heavy (non-hydrogen) atoms. The van der Waals surface area contributed by atoms with Crippen molar-refractivity contribution in [2.75, 3.05) is 13.1 Å². The highest BCUT2D eigenvalue weighted by molar-refractivity contribution is 5.83. The van der Waals surface area contributed by atoms with Crippen LogP contribution in [0.15, 0.2) is 23.0 Å². The molecule has 3 aromatic rings. The summed E-state index contributed by atoms with van der Waals surface area (Å²) in [4.78, 5) is 17.9. The zero-order valence-corrected chi connectivity index (χ0v) is 17.9. The maximum Gasteiger partial charge on any atom is 0.258 e. The molecular weight excluding hydrogens is 376 g/mol. The number of benzene rings is 1. The van der Waals surface area contributed by atoms with Crippen LogP contribution in [0.5, 0.6) is 0 Å². The minimum absolute atomic E-state index is 0.0166. The number of quaternary nitrogens is 1. The largest absolute Gasteiger partial charge is 0.322 e. The Balaban J connectivity index is 1.66. The molecule has 0 radical (unpaired) electrons. The molecule has 0 amide bonds. The monoisotopic (exact) mass is 407 g/mol. The highest BCUT2D eigenvalue weighted by atomic mass is 16.1. The third-order valence-corrected chi connectivity index (χ3v) is 6.98. The number of nitrogens with one attached hydrogen (secondary N) is 2. The van der Waals surface area contributed by atoms with Crippen molar-refractivity contribution in [1.82, 2.24) is 25.2 Å². The Kier molecular flexibility index (Phi) is 5.15. The van der Waals surface area contributed by atoms with E-state index in [1.807, 2.05) is 4.68 Å². The number of H-pyrrole nitrogens is 1. The van der Waals surface area contributed by atoms with Crippen LogP contribution in [0.25, 0.3) is 10.9 Å². The average Bonchev–Trinajstić information content (AvgIpc) is 3.43. The molecule has 7 heteroatoms. The van der Waals surface area contributed by atoms with Crippen LogP contribution in [0.3, 0.4) is 0 Å². The quantitative estimate of drug-likeness (QED) is 0.696. The summed E-state index contributed by atoms with van der Waals surface area (Å²) in [6.45, 7) is 6.25. The van der Waals surface area contributed by atoms with Crippen molar-refractivity contribution in [3.8, 4) is 0 Å². The van der Waals surface area contributed by atoms with E-state index < -0.39 is 0 Å². The Bertz CT molecular complexity index is 1100. The fourth-order valence-electron chi connectivity index (χ4n) is 5.55. The molecule has 1 aromatic carbocycles. The van der Waals surface area contributed by atoms with Crippen LogP contribution >= 0.6 is 0 Å². The number of rotatable bonds is 4. The van der Waals surface area contributed by atoms with Gasteiger partial charge in [-0.15, -0.1) is 5.10 Å². The number of hydrogen-bond donors (Lipinski definition) is 2. The Morgan fingerprint density at radius 3 is 2.60 bits per heavy atom. The molecule has 3 heterocycles. The molecule has 158 valence electrons. The van der Waals surface area contributed by atoms with Crippen molar-refractivity contribution in [3.05, 3.63) is 51.1 Å². The molecule has 7 nitrogen and oxygen atoms in total. The summed E-state index contributed by atoms with van der Waals surface area (Å²) in [5, 5.41) is 14.1. The van der Waals surface area contributed by atoms with Gasteiger partial charge in [-0.1, -0.05) is 30.9 Å². The predicted octanol–water partition coefficient (Wildman–Crippen LogP) is 2.40. The van der Waals surface area contributed by atoms with Crippen molar-refractivity contribution in [3.63, 3.8) is 0 Å². The van der Waals surface area contributed by atoms with Crippen LogP contribution in [0, 0.1) is 13.8 Å². The van der Waals surface area contributed by atoms with Crippen LogP contribution in [-0.4, -0.2) is 38.3 Å². The Morgan fingerprint density at radius 1 is 1.07 bits per heavy atom. The number of aromatic amines is 1. The van der Waals surface area contributed by atoms with Crippen LogP contribution in [0.1, 0.15) is 79.5 Å². The van der Waals surface area contributed by atoms with Crippen molar-refractivity contribution >= 4 is 10.9 Å². The molecule has 1 saturated heterocycles. The summed E-state index contributed by atoms with van der Waals surface area (Å²) in [6, 6.07) is 6.58. The van der Waals surface area contributed by atoms with Gasteiger partial charge in [-0.25, -0.2) is 4.68 Å². The van der Waals surface area contributed by atoms with Gasteiger partial charge in [-0.05, 0) is 60.2 Å². The number of nitrogens with zero attached hydrogens (tertiary/aromatic N) is 4. The summed E-state index contributed by atoms with van der Waals surface area (Å²) in [6.07, 6.45) is 8.33. The van der Waals surface area contributed by atoms with Crippen molar-refractivity contribution in [2.24, 2.45) is 0 Å². The van der Waals surface area contributed by atoms with E-state index in [1.54, 1.807) is 0 Å². The lowest BCUT2D eigenvalue weighted by molar-refractivity contribution is -0.914. The summed E-state index contributed by atoms with van der Waals surface area (Å²) in [5.41, 5.74) is 4.01. The first-order chi connectivity index (χ1) is 14.6. The standard InChI is InChI=1S/C23H30N6O/c1-15-12-16(2)20-17(13-15)14-19(23(30)24-20)21(28-10-6-7-11-28)22-25-26-27-29(22)18-8-4-3-5-9-18/h12-14,18,21H,3-11H2,1-2H3,(H,24,30)/p+1/t21-/m0/s1. The van der Waals surface area contributed by atoms with E-state index >= 15 is 0 Å². The third-order valence-electron chi connectivity index (χ3n) is 6.98. The fraction of sp³-hybridized carbons (Fsp3) is 0.565. The molecule has 1 aliphatic carbocycles. The molecule has 0 spiro atoms. The lowest BCUT2D eigenvalue weighted by Crippen LogP contribution is -3.10. The summed E-state index contributed by atoms with van der Waals surface area (Å²) < 4.78 is 2.04. The first-order valence-electron chi connectivity index (χ1n) is 11.4. The van der Waals surface area contributed by atoms with Gasteiger partial charge in [0.15, 0.2) is 6.04 Å². The van der Waals surface area contributed by atoms with Gasteiger partial charge in [-0.2, -0.15) is 0 Å². The maximum absolute atomic E-state index is 13.3. The Labute approximate surface area is 176 Å². The van der Waals surface area contributed by atoms with Gasteiger partial charge in [0.2, 0.25) is 5.82 Å². The number of likely N-dealkylation sites (tertiary alicyclic amines) is 1. The molecule has 0 unspecified atom stereocenters. The fourth-order valence-corrected chi connectivity index (χ4v) is 5.55. The van der Waals surface area contributed by atoms with Crippen molar-refractivity contribution < 1.29 is 4.90 Å². The molecule has 2 aliphatic rings. The Hall–Kier alpha value is -2.54. The number of pyridine rings is 1. The van der Waals surface area contributed by atoms with E-state index in [0.29, 0.717) is 6.04 Å². The molecule has 2 N–H and O–H groups in total. The minimum atomic E-state index is -0.126. The van der Waals surface area contributed by atoms with E-state index in [4.69, 9.17) is 0 Å². The van der Waals surface area contributed by atoms with Gasteiger partial charge in [0.05, 0.1) is 30.2 Å². The minimum Gasteiger partial charge on any atom is -0.322 e. The highest BCUT2D eigenvalue weighted by Crippen LogP contribution is 2.30. The smallest absolute Gasteiger partial charge is 0.258 e. The van der Waals surface area contributed by atoms with Crippen LogP contribution in [-0.2, 0) is 0 Å². The second kappa shape index (κ2) is 7.95. The predicted molar refractivity (Wildman–Crippen MR) is 116 cm³/mol. The van der Waals surface area contributed by atoms with E-state index in [-0.39, 0.29) is 11.6 Å². The molecule has 2 fully saturated rings. The van der Waals surface area contributed by atoms with Gasteiger partial charge < -0.3 is 9.88 Å². The molecule has 1 saturated carbocycles. The van der Waals surface area contributed by atoms with Crippen molar-refractivity contribution in [1.29, 1.82) is 0 Å². The average molecular weight is 408 g/mol. The number of aryl methyl sites for hydroxylation is 2. The lowest BCUT2D eigenvalue weighted by Gasteiger charge is -2.27. The van der Waals surface area contributed by atoms with Crippen LogP contribution in [0.2, 0.25) is 0 Å². The summed E-state index contributed by atoms with van der Waals surface area (Å²) >= 11 is 0. The van der Waals surface area contributed by atoms with Gasteiger partial charge in [0.25, 0.3) is 5.56 Å². The van der Waals surface area contributed by atoms with Crippen LogP contribution < -0.4 is 10.5 Å². The van der Waals surface area contributed by atoms with Gasteiger partial charge in [-0.3, -0.25) is 4.79 Å². The van der Waals surface area contributed by atoms with E-state index in [2.05, 4.69) is 52.6 Å². The first kappa shape index (κ1) is 19.4. The number of aromatic nitrogens is 5. The Morgan fingerprint density at radius 2 is 1.83 bits per heavy atom. The van der Waals surface area contributed by atoms with Gasteiger partial charge >= 0.3 is 0 Å².